The second-order valence-corrected chi connectivity index (χ2v) is 3.89. The number of alkyl halides is 2. The Bertz CT molecular complexity index is 186. The van der Waals surface area contributed by atoms with Crippen molar-refractivity contribution in [1.82, 2.24) is 5.32 Å². The van der Waals surface area contributed by atoms with Crippen LogP contribution in [-0.2, 0) is 0 Å². The van der Waals surface area contributed by atoms with E-state index in [-0.39, 0.29) is 37.3 Å². The van der Waals surface area contributed by atoms with Crippen molar-refractivity contribution in [3.05, 3.63) is 0 Å². The summed E-state index contributed by atoms with van der Waals surface area (Å²) in [5.74, 6) is -2.41. The van der Waals surface area contributed by atoms with Crippen molar-refractivity contribution in [2.24, 2.45) is 11.8 Å². The van der Waals surface area contributed by atoms with E-state index >= 15 is 0 Å². The lowest BCUT2D eigenvalue weighted by molar-refractivity contribution is -0.00159. The molecule has 0 aromatic carbocycles. The Morgan fingerprint density at radius 2 is 2.17 bits per heavy atom. The van der Waals surface area contributed by atoms with E-state index < -0.39 is 5.92 Å². The molecule has 2 aliphatic rings. The number of hydrogen-bond donors (Lipinski definition) is 2. The topological polar surface area (TPSA) is 32.3 Å². The smallest absolute Gasteiger partial charge is 0.248 e. The molecule has 12 heavy (non-hydrogen) atoms. The van der Waals surface area contributed by atoms with E-state index in [4.69, 9.17) is 5.11 Å². The average molecular weight is 177 g/mol. The number of fused-ring (bicyclic) bond motifs is 1. The predicted octanol–water partition coefficient (Wildman–Crippen LogP) is 0.612. The molecule has 0 aromatic heterocycles. The van der Waals surface area contributed by atoms with E-state index in [0.717, 1.165) is 0 Å². The van der Waals surface area contributed by atoms with Gasteiger partial charge in [-0.05, 0) is 18.4 Å². The van der Waals surface area contributed by atoms with E-state index in [1.807, 2.05) is 0 Å². The van der Waals surface area contributed by atoms with Crippen LogP contribution < -0.4 is 5.32 Å². The van der Waals surface area contributed by atoms with Crippen LogP contribution >= 0.6 is 0 Å². The molecule has 1 heterocycles. The Hall–Kier alpha value is -0.220. The maximum absolute atomic E-state index is 12.9. The van der Waals surface area contributed by atoms with Crippen LogP contribution in [-0.4, -0.2) is 30.2 Å². The summed E-state index contributed by atoms with van der Waals surface area (Å²) in [6, 6.07) is -0.0941. The van der Waals surface area contributed by atoms with Gasteiger partial charge in [0.2, 0.25) is 5.92 Å². The average Bonchev–Trinajstić information content (AvgIpc) is 2.42. The molecule has 2 nitrogen and oxygen atoms in total. The van der Waals surface area contributed by atoms with Crippen LogP contribution in [0.1, 0.15) is 12.8 Å². The summed E-state index contributed by atoms with van der Waals surface area (Å²) in [6.07, 6.45) is -0.0446. The molecule has 4 heteroatoms. The van der Waals surface area contributed by atoms with E-state index in [1.54, 1.807) is 0 Å². The van der Waals surface area contributed by atoms with E-state index in [9.17, 15) is 8.78 Å². The van der Waals surface area contributed by atoms with Gasteiger partial charge in [0.25, 0.3) is 0 Å². The van der Waals surface area contributed by atoms with E-state index in [2.05, 4.69) is 5.32 Å². The number of aliphatic hydroxyl groups excluding tert-OH is 1. The van der Waals surface area contributed by atoms with Gasteiger partial charge in [0.1, 0.15) is 0 Å². The van der Waals surface area contributed by atoms with Gasteiger partial charge in [0.15, 0.2) is 0 Å². The molecule has 0 radical (unpaired) electrons. The van der Waals surface area contributed by atoms with Gasteiger partial charge in [-0.3, -0.25) is 0 Å². The fourth-order valence-electron chi connectivity index (χ4n) is 2.48. The summed E-state index contributed by atoms with van der Waals surface area (Å²) in [5, 5.41) is 11.9. The molecule has 0 bridgehead atoms. The lowest BCUT2D eigenvalue weighted by Gasteiger charge is -2.15. The first-order valence-electron chi connectivity index (χ1n) is 4.34. The van der Waals surface area contributed by atoms with Crippen molar-refractivity contribution in [1.29, 1.82) is 0 Å². The van der Waals surface area contributed by atoms with Gasteiger partial charge in [0, 0.05) is 18.9 Å². The normalized spacial score (nSPS) is 44.8. The van der Waals surface area contributed by atoms with Crippen LogP contribution in [0.5, 0.6) is 0 Å². The zero-order chi connectivity index (χ0) is 8.77. The summed E-state index contributed by atoms with van der Waals surface area (Å²) in [7, 11) is 0. The minimum atomic E-state index is -2.48. The summed E-state index contributed by atoms with van der Waals surface area (Å²) < 4.78 is 25.7. The molecule has 2 rings (SSSR count). The maximum Gasteiger partial charge on any atom is 0.248 e. The lowest BCUT2D eigenvalue weighted by Crippen LogP contribution is -2.32. The number of nitrogens with one attached hydrogen (secondary N) is 1. The van der Waals surface area contributed by atoms with Gasteiger partial charge in [-0.1, -0.05) is 0 Å². The van der Waals surface area contributed by atoms with Crippen LogP contribution in [0.15, 0.2) is 0 Å². The highest BCUT2D eigenvalue weighted by atomic mass is 19.3. The van der Waals surface area contributed by atoms with Crippen molar-refractivity contribution < 1.29 is 13.9 Å². The molecule has 3 atom stereocenters. The Morgan fingerprint density at radius 1 is 1.42 bits per heavy atom. The lowest BCUT2D eigenvalue weighted by atomic mass is 9.95. The van der Waals surface area contributed by atoms with Gasteiger partial charge in [-0.25, -0.2) is 8.78 Å². The molecule has 0 aromatic rings. The summed E-state index contributed by atoms with van der Waals surface area (Å²) in [5.41, 5.74) is 0. The number of hydrogen-bond acceptors (Lipinski definition) is 2. The Labute approximate surface area is 70.0 Å². The number of rotatable bonds is 1. The van der Waals surface area contributed by atoms with Crippen molar-refractivity contribution >= 4 is 0 Å². The van der Waals surface area contributed by atoms with E-state index in [1.165, 1.54) is 0 Å². The molecule has 1 aliphatic heterocycles. The van der Waals surface area contributed by atoms with Gasteiger partial charge >= 0.3 is 0 Å². The first-order valence-corrected chi connectivity index (χ1v) is 4.34. The monoisotopic (exact) mass is 177 g/mol. The molecular weight excluding hydrogens is 164 g/mol. The zero-order valence-electron chi connectivity index (χ0n) is 6.76. The second-order valence-electron chi connectivity index (χ2n) is 3.89. The highest BCUT2D eigenvalue weighted by Crippen LogP contribution is 2.46. The minimum Gasteiger partial charge on any atom is -0.395 e. The summed E-state index contributed by atoms with van der Waals surface area (Å²) in [4.78, 5) is 0. The van der Waals surface area contributed by atoms with Crippen molar-refractivity contribution in [3.8, 4) is 0 Å². The molecule has 70 valence electrons. The predicted molar refractivity (Wildman–Crippen MR) is 40.0 cm³/mol. The first-order chi connectivity index (χ1) is 5.62. The molecule has 1 saturated heterocycles. The third-order valence-corrected chi connectivity index (χ3v) is 3.06. The van der Waals surface area contributed by atoms with Gasteiger partial charge in [-0.2, -0.15) is 0 Å². The van der Waals surface area contributed by atoms with Crippen LogP contribution in [0, 0.1) is 11.8 Å². The summed E-state index contributed by atoms with van der Waals surface area (Å²) >= 11 is 0. The molecule has 1 saturated carbocycles. The van der Waals surface area contributed by atoms with Crippen LogP contribution in [0.3, 0.4) is 0 Å². The molecule has 1 unspecified atom stereocenters. The fraction of sp³-hybridized carbons (Fsp3) is 1.00. The summed E-state index contributed by atoms with van der Waals surface area (Å²) in [6.45, 7) is 0.628. The third-order valence-electron chi connectivity index (χ3n) is 3.06. The quantitative estimate of drug-likeness (QED) is 0.615. The van der Waals surface area contributed by atoms with Gasteiger partial charge in [-0.15, -0.1) is 0 Å². The highest BCUT2D eigenvalue weighted by Gasteiger charge is 2.51. The zero-order valence-corrected chi connectivity index (χ0v) is 6.76. The SMILES string of the molecule is OCC1NC[C@@H]2CC(F)(F)C[C@H]12. The van der Waals surface area contributed by atoms with Crippen molar-refractivity contribution in [2.45, 2.75) is 24.8 Å². The fourth-order valence-corrected chi connectivity index (χ4v) is 2.48. The highest BCUT2D eigenvalue weighted by molar-refractivity contribution is 4.99. The standard InChI is InChI=1S/C8H13F2NO/c9-8(10)1-5-3-11-7(4-12)6(5)2-8/h5-7,11-12H,1-4H2/t5-,6-,7?/m0/s1. The number of halogens is 2. The van der Waals surface area contributed by atoms with Crippen LogP contribution in [0.2, 0.25) is 0 Å². The van der Waals surface area contributed by atoms with Gasteiger partial charge in [0.05, 0.1) is 6.61 Å². The Kier molecular flexibility index (Phi) is 1.84. The first kappa shape index (κ1) is 8.38. The maximum atomic E-state index is 12.9. The second kappa shape index (κ2) is 2.64. The molecule has 2 N–H and O–H groups in total. The largest absolute Gasteiger partial charge is 0.395 e. The van der Waals surface area contributed by atoms with Crippen LogP contribution in [0.4, 0.5) is 8.78 Å². The van der Waals surface area contributed by atoms with Crippen LogP contribution in [0.25, 0.3) is 0 Å². The minimum absolute atomic E-state index is 0.00116. The Balaban J connectivity index is 2.06. The van der Waals surface area contributed by atoms with E-state index in [0.29, 0.717) is 6.54 Å². The number of aliphatic hydroxyl groups is 1. The van der Waals surface area contributed by atoms with Gasteiger partial charge < -0.3 is 10.4 Å². The van der Waals surface area contributed by atoms with Crippen molar-refractivity contribution in [3.63, 3.8) is 0 Å². The molecule has 0 spiro atoms. The molecule has 0 amide bonds. The third kappa shape index (κ3) is 1.23. The Morgan fingerprint density at radius 3 is 2.83 bits per heavy atom. The molecular formula is C8H13F2NO. The van der Waals surface area contributed by atoms with Crippen molar-refractivity contribution in [2.75, 3.05) is 13.2 Å². The molecule has 2 fully saturated rings. The molecule has 1 aliphatic carbocycles.